The fraction of sp³-hybridized carbons (Fsp3) is 0.944. The fourth-order valence-corrected chi connectivity index (χ4v) is 5.34. The second-order valence-electron chi connectivity index (χ2n) is 12.3. The highest BCUT2D eigenvalue weighted by Gasteiger charge is 2.12. The van der Waals surface area contributed by atoms with Crippen molar-refractivity contribution < 1.29 is 19.1 Å². The number of hydrogen-bond acceptors (Lipinski definition) is 4. The van der Waals surface area contributed by atoms with Gasteiger partial charge < -0.3 is 20.1 Å². The second-order valence-corrected chi connectivity index (χ2v) is 12.3. The van der Waals surface area contributed by atoms with E-state index in [4.69, 9.17) is 9.47 Å². The molecule has 0 aliphatic rings. The third-order valence-corrected chi connectivity index (χ3v) is 8.13. The minimum absolute atomic E-state index is 0.00243. The monoisotopic (exact) mass is 597 g/mol. The maximum Gasteiger partial charge on any atom is 0.220 e. The Morgan fingerprint density at radius 3 is 1.48 bits per heavy atom. The van der Waals surface area contributed by atoms with Crippen LogP contribution in [-0.2, 0) is 19.1 Å². The maximum atomic E-state index is 12.2. The van der Waals surface area contributed by atoms with Gasteiger partial charge in [0.2, 0.25) is 12.3 Å². The van der Waals surface area contributed by atoms with E-state index >= 15 is 0 Å². The van der Waals surface area contributed by atoms with Crippen molar-refractivity contribution in [2.24, 2.45) is 0 Å². The predicted octanol–water partition coefficient (Wildman–Crippen LogP) is 9.43. The van der Waals surface area contributed by atoms with Gasteiger partial charge in [-0.25, -0.2) is 0 Å². The van der Waals surface area contributed by atoms with Crippen molar-refractivity contribution in [1.82, 2.24) is 10.6 Å². The van der Waals surface area contributed by atoms with Crippen molar-refractivity contribution in [3.05, 3.63) is 0 Å². The van der Waals surface area contributed by atoms with Crippen LogP contribution in [-0.4, -0.2) is 51.3 Å². The molecule has 2 N–H and O–H groups in total. The van der Waals surface area contributed by atoms with Crippen LogP contribution in [0.4, 0.5) is 0 Å². The quantitative estimate of drug-likeness (QED) is 0.0558. The zero-order chi connectivity index (χ0) is 30.6. The number of nitrogens with one attached hydrogen (secondary N) is 2. The number of carbonyl (C=O) groups excluding carboxylic acids is 2. The Bertz CT molecular complexity index is 546. The molecule has 0 rings (SSSR count). The van der Waals surface area contributed by atoms with Crippen LogP contribution < -0.4 is 10.6 Å². The molecule has 0 aromatic rings. The third kappa shape index (κ3) is 33.4. The van der Waals surface area contributed by atoms with Crippen LogP contribution in [0, 0.1) is 0 Å². The van der Waals surface area contributed by atoms with Gasteiger partial charge in [0.25, 0.3) is 0 Å². The summed E-state index contributed by atoms with van der Waals surface area (Å²) >= 11 is 0. The lowest BCUT2D eigenvalue weighted by Crippen LogP contribution is -2.37. The fourth-order valence-electron chi connectivity index (χ4n) is 5.34. The molecule has 6 heteroatoms. The Balaban J connectivity index is 3.93. The molecule has 0 radical (unpaired) electrons. The normalized spacial score (nSPS) is 12.0. The molecule has 2 amide bonds. The van der Waals surface area contributed by atoms with Gasteiger partial charge in [0, 0.05) is 32.7 Å². The second kappa shape index (κ2) is 36.1. The van der Waals surface area contributed by atoms with Crippen LogP contribution >= 0.6 is 0 Å². The number of unbranched alkanes of at least 4 members (excludes halogenated alkanes) is 22. The minimum Gasteiger partial charge on any atom is -0.379 e. The summed E-state index contributed by atoms with van der Waals surface area (Å²) in [6.45, 7) is 7.58. The molecule has 0 saturated heterocycles. The van der Waals surface area contributed by atoms with Gasteiger partial charge in [-0.3, -0.25) is 9.59 Å². The molecule has 6 nitrogen and oxygen atoms in total. The lowest BCUT2D eigenvalue weighted by atomic mass is 10.1. The molecule has 0 spiro atoms. The standard InChI is InChI=1S/C36H72N2O4/c1-3-5-7-9-11-13-15-17-19-21-23-25-30-41-33-35(32-38-36(40)28-27-29-37-34-39)42-31-26-24-22-20-18-16-14-12-10-8-6-4-2/h34-35H,3-33H2,1-2H3,(H,37,39)(H,38,40). The molecule has 0 aliphatic heterocycles. The van der Waals surface area contributed by atoms with Crippen molar-refractivity contribution in [3.8, 4) is 0 Å². The van der Waals surface area contributed by atoms with E-state index in [0.29, 0.717) is 38.9 Å². The van der Waals surface area contributed by atoms with Gasteiger partial charge >= 0.3 is 0 Å². The SMILES string of the molecule is CCCCCCCCCCCCCCOCC(CNC(=O)CCCNC=O)OCCCCCCCCCCCCCC. The molecule has 1 atom stereocenters. The van der Waals surface area contributed by atoms with Crippen LogP contribution in [0.1, 0.15) is 181 Å². The summed E-state index contributed by atoms with van der Waals surface area (Å²) in [4.78, 5) is 22.5. The van der Waals surface area contributed by atoms with Crippen LogP contribution in [0.2, 0.25) is 0 Å². The maximum absolute atomic E-state index is 12.2. The first-order chi connectivity index (χ1) is 20.7. The van der Waals surface area contributed by atoms with Crippen LogP contribution in [0.25, 0.3) is 0 Å². The Labute approximate surface area is 261 Å². The van der Waals surface area contributed by atoms with Crippen LogP contribution in [0.3, 0.4) is 0 Å². The van der Waals surface area contributed by atoms with Crippen molar-refractivity contribution in [3.63, 3.8) is 0 Å². The molecule has 42 heavy (non-hydrogen) atoms. The first-order valence-corrected chi connectivity index (χ1v) is 18.4. The summed E-state index contributed by atoms with van der Waals surface area (Å²) in [5.41, 5.74) is 0. The number of ether oxygens (including phenoxy) is 2. The van der Waals surface area contributed by atoms with Crippen molar-refractivity contribution in [1.29, 1.82) is 0 Å². The van der Waals surface area contributed by atoms with Crippen LogP contribution in [0.15, 0.2) is 0 Å². The van der Waals surface area contributed by atoms with Crippen LogP contribution in [0.5, 0.6) is 0 Å². The molecular weight excluding hydrogens is 524 g/mol. The molecule has 250 valence electrons. The molecule has 0 aromatic heterocycles. The molecule has 0 aliphatic carbocycles. The minimum atomic E-state index is -0.105. The van der Waals surface area contributed by atoms with E-state index in [1.165, 1.54) is 141 Å². The van der Waals surface area contributed by atoms with Gasteiger partial charge in [-0.2, -0.15) is 0 Å². The molecular formula is C36H72N2O4. The van der Waals surface area contributed by atoms with E-state index in [1.54, 1.807) is 0 Å². The van der Waals surface area contributed by atoms with Gasteiger partial charge in [-0.1, -0.05) is 155 Å². The van der Waals surface area contributed by atoms with E-state index in [-0.39, 0.29) is 12.0 Å². The third-order valence-electron chi connectivity index (χ3n) is 8.13. The van der Waals surface area contributed by atoms with E-state index < -0.39 is 0 Å². The summed E-state index contributed by atoms with van der Waals surface area (Å²) in [6.07, 6.45) is 33.7. The predicted molar refractivity (Wildman–Crippen MR) is 179 cm³/mol. The van der Waals surface area contributed by atoms with Gasteiger partial charge in [-0.15, -0.1) is 0 Å². The first-order valence-electron chi connectivity index (χ1n) is 18.4. The van der Waals surface area contributed by atoms with Gasteiger partial charge in [0.05, 0.1) is 12.7 Å². The largest absolute Gasteiger partial charge is 0.379 e. The van der Waals surface area contributed by atoms with Crippen molar-refractivity contribution in [2.45, 2.75) is 187 Å². The van der Waals surface area contributed by atoms with Gasteiger partial charge in [0.1, 0.15) is 0 Å². The highest BCUT2D eigenvalue weighted by atomic mass is 16.5. The van der Waals surface area contributed by atoms with E-state index in [0.717, 1.165) is 26.1 Å². The zero-order valence-electron chi connectivity index (χ0n) is 28.2. The van der Waals surface area contributed by atoms with E-state index in [2.05, 4.69) is 24.5 Å². The van der Waals surface area contributed by atoms with Gasteiger partial charge in [-0.05, 0) is 19.3 Å². The van der Waals surface area contributed by atoms with Crippen molar-refractivity contribution in [2.75, 3.05) is 32.9 Å². The van der Waals surface area contributed by atoms with E-state index in [1.807, 2.05) is 0 Å². The summed E-state index contributed by atoms with van der Waals surface area (Å²) in [6, 6.07) is 0. The Morgan fingerprint density at radius 2 is 1.02 bits per heavy atom. The summed E-state index contributed by atoms with van der Waals surface area (Å²) in [5, 5.41) is 5.60. The Morgan fingerprint density at radius 1 is 0.595 bits per heavy atom. The average molecular weight is 597 g/mol. The average Bonchev–Trinajstić information content (AvgIpc) is 3.00. The molecule has 0 heterocycles. The Kier molecular flexibility index (Phi) is 35.1. The lowest BCUT2D eigenvalue weighted by molar-refractivity contribution is -0.122. The summed E-state index contributed by atoms with van der Waals surface area (Å²) in [7, 11) is 0. The molecule has 0 bridgehead atoms. The smallest absolute Gasteiger partial charge is 0.220 e. The number of rotatable bonds is 36. The number of carbonyl (C=O) groups is 2. The van der Waals surface area contributed by atoms with Crippen molar-refractivity contribution >= 4 is 12.3 Å². The van der Waals surface area contributed by atoms with E-state index in [9.17, 15) is 9.59 Å². The first kappa shape index (κ1) is 40.9. The highest BCUT2D eigenvalue weighted by Crippen LogP contribution is 2.13. The Hall–Kier alpha value is -1.14. The summed E-state index contributed by atoms with van der Waals surface area (Å²) in [5.74, 6) is 0.00243. The van der Waals surface area contributed by atoms with Gasteiger partial charge in [0.15, 0.2) is 0 Å². The molecule has 0 fully saturated rings. The molecule has 0 saturated carbocycles. The number of amides is 2. The zero-order valence-corrected chi connectivity index (χ0v) is 28.2. The number of hydrogen-bond donors (Lipinski definition) is 2. The highest BCUT2D eigenvalue weighted by molar-refractivity contribution is 5.75. The summed E-state index contributed by atoms with van der Waals surface area (Å²) < 4.78 is 12.1. The topological polar surface area (TPSA) is 76.7 Å². The molecule has 0 aromatic carbocycles. The lowest BCUT2D eigenvalue weighted by Gasteiger charge is -2.19. The molecule has 1 unspecified atom stereocenters.